The zero-order valence-corrected chi connectivity index (χ0v) is 22.9. The smallest absolute Gasteiger partial charge is 0.410 e. The number of hydrogen-bond acceptors (Lipinski definition) is 3. The number of carbonyl (C=O) groups is 2. The molecule has 6 heteroatoms. The molecule has 190 valence electrons. The molecule has 3 aromatic carbocycles. The molecule has 0 saturated carbocycles. The first-order valence-electron chi connectivity index (χ1n) is 12.4. The third kappa shape index (κ3) is 6.95. The molecule has 5 nitrogen and oxygen atoms in total. The molecule has 0 atom stereocenters. The number of ether oxygens (including phenoxy) is 1. The van der Waals surface area contributed by atoms with E-state index in [4.69, 9.17) is 4.74 Å². The van der Waals surface area contributed by atoms with Gasteiger partial charge in [-0.15, -0.1) is 0 Å². The number of rotatable bonds is 9. The minimum absolute atomic E-state index is 0.0121. The molecule has 0 heterocycles. The summed E-state index contributed by atoms with van der Waals surface area (Å²) < 4.78 is 5.37. The number of amides is 2. The summed E-state index contributed by atoms with van der Waals surface area (Å²) in [6.45, 7) is 6.04. The van der Waals surface area contributed by atoms with E-state index in [-0.39, 0.29) is 12.5 Å². The van der Waals surface area contributed by atoms with Gasteiger partial charge >= 0.3 is 6.09 Å². The largest absolute Gasteiger partial charge is 0.444 e. The number of benzene rings is 3. The fourth-order valence-electron chi connectivity index (χ4n) is 4.28. The predicted molar refractivity (Wildman–Crippen MR) is 151 cm³/mol. The highest BCUT2D eigenvalue weighted by molar-refractivity contribution is 7.95. The third-order valence-electron chi connectivity index (χ3n) is 6.08. The molecule has 3 aromatic rings. The van der Waals surface area contributed by atoms with Crippen LogP contribution in [-0.2, 0) is 9.53 Å². The van der Waals surface area contributed by atoms with Crippen molar-refractivity contribution in [2.75, 3.05) is 33.3 Å². The highest BCUT2D eigenvalue weighted by Gasteiger charge is 2.44. The van der Waals surface area contributed by atoms with Gasteiger partial charge in [-0.3, -0.25) is 4.79 Å². The lowest BCUT2D eigenvalue weighted by Crippen LogP contribution is -2.42. The molecule has 3 rings (SSSR count). The predicted octanol–water partition coefficient (Wildman–Crippen LogP) is 4.70. The van der Waals surface area contributed by atoms with Crippen LogP contribution in [0.5, 0.6) is 0 Å². The van der Waals surface area contributed by atoms with Crippen LogP contribution in [0, 0.1) is 0 Å². The molecule has 0 spiro atoms. The Morgan fingerprint density at radius 3 is 1.53 bits per heavy atom. The Bertz CT molecular complexity index is 1020. The van der Waals surface area contributed by atoms with E-state index in [9.17, 15) is 9.59 Å². The summed E-state index contributed by atoms with van der Waals surface area (Å²) in [6, 6.07) is 32.2. The molecule has 0 radical (unpaired) electrons. The van der Waals surface area contributed by atoms with E-state index in [2.05, 4.69) is 91.0 Å². The average molecular weight is 506 g/mol. The summed E-state index contributed by atoms with van der Waals surface area (Å²) >= 11 is 0. The first-order chi connectivity index (χ1) is 17.1. The van der Waals surface area contributed by atoms with E-state index in [1.165, 1.54) is 20.8 Å². The fraction of sp³-hybridized carbons (Fsp3) is 0.333. The van der Waals surface area contributed by atoms with Crippen LogP contribution in [0.15, 0.2) is 91.0 Å². The highest BCUT2D eigenvalue weighted by Crippen LogP contribution is 2.55. The molecule has 36 heavy (non-hydrogen) atoms. The number of hydrogen-bond donors (Lipinski definition) is 0. The Morgan fingerprint density at radius 1 is 0.722 bits per heavy atom. The third-order valence-corrected chi connectivity index (χ3v) is 10.6. The molecule has 0 aliphatic heterocycles. The van der Waals surface area contributed by atoms with E-state index in [1.807, 2.05) is 20.8 Å². The Balaban J connectivity index is 1.79. The van der Waals surface area contributed by atoms with Crippen molar-refractivity contribution in [2.24, 2.45) is 0 Å². The number of carbonyl (C=O) groups excluding carboxylic acids is 2. The van der Waals surface area contributed by atoms with Crippen LogP contribution in [-0.4, -0.2) is 60.7 Å². The normalized spacial score (nSPS) is 11.6. The summed E-state index contributed by atoms with van der Waals surface area (Å²) in [5, 5.41) is 4.00. The maximum absolute atomic E-state index is 12.9. The van der Waals surface area contributed by atoms with Gasteiger partial charge in [-0.05, 0) is 63.6 Å². The second kappa shape index (κ2) is 12.2. The van der Waals surface area contributed by atoms with Gasteiger partial charge in [0.25, 0.3) is 0 Å². The van der Waals surface area contributed by atoms with Crippen LogP contribution in [0.4, 0.5) is 4.79 Å². The molecule has 0 fully saturated rings. The summed E-state index contributed by atoms with van der Waals surface area (Å²) in [5.74, 6) is -0.105. The van der Waals surface area contributed by atoms with E-state index in [0.717, 1.165) is 12.6 Å². The average Bonchev–Trinajstić information content (AvgIpc) is 2.87. The van der Waals surface area contributed by atoms with Crippen molar-refractivity contribution < 1.29 is 14.3 Å². The van der Waals surface area contributed by atoms with Crippen molar-refractivity contribution in [3.05, 3.63) is 91.0 Å². The number of nitrogens with zero attached hydrogens (tertiary/aromatic N) is 2. The quantitative estimate of drug-likeness (QED) is 0.396. The highest BCUT2D eigenvalue weighted by atomic mass is 31.2. The van der Waals surface area contributed by atoms with E-state index < -0.39 is 19.0 Å². The molecule has 0 unspecified atom stereocenters. The van der Waals surface area contributed by atoms with E-state index in [0.29, 0.717) is 6.54 Å². The molecule has 0 aromatic heterocycles. The van der Waals surface area contributed by atoms with E-state index in [1.54, 1.807) is 19.0 Å². The van der Waals surface area contributed by atoms with Crippen molar-refractivity contribution in [2.45, 2.75) is 32.8 Å². The lowest BCUT2D eigenvalue weighted by molar-refractivity contribution is -0.130. The summed E-state index contributed by atoms with van der Waals surface area (Å²) in [4.78, 5) is 28.2. The SMILES string of the molecule is CN(CCC[P+](c1ccccc1)(c1ccccc1)c1ccccc1)C(=O)CN(C)C(=O)OC(C)(C)C. The summed E-state index contributed by atoms with van der Waals surface area (Å²) in [7, 11) is 1.47. The Labute approximate surface area is 216 Å². The van der Waals surface area contributed by atoms with Gasteiger partial charge in [0.2, 0.25) is 5.91 Å². The summed E-state index contributed by atoms with van der Waals surface area (Å²) in [6.07, 6.45) is 1.28. The molecule has 0 N–H and O–H groups in total. The lowest BCUT2D eigenvalue weighted by Gasteiger charge is -2.29. The monoisotopic (exact) mass is 505 g/mol. The Kier molecular flexibility index (Phi) is 9.28. The van der Waals surface area contributed by atoms with Crippen LogP contribution in [0.25, 0.3) is 0 Å². The first-order valence-corrected chi connectivity index (χ1v) is 14.3. The van der Waals surface area contributed by atoms with Crippen LogP contribution in [0.1, 0.15) is 27.2 Å². The van der Waals surface area contributed by atoms with E-state index >= 15 is 0 Å². The molecule has 0 aliphatic rings. The fourth-order valence-corrected chi connectivity index (χ4v) is 8.61. The summed E-state index contributed by atoms with van der Waals surface area (Å²) in [5.41, 5.74) is -0.598. The Morgan fingerprint density at radius 2 is 1.14 bits per heavy atom. The van der Waals surface area contributed by atoms with Crippen molar-refractivity contribution in [3.63, 3.8) is 0 Å². The van der Waals surface area contributed by atoms with Crippen molar-refractivity contribution in [1.82, 2.24) is 9.80 Å². The first kappa shape index (κ1) is 27.4. The van der Waals surface area contributed by atoms with Gasteiger partial charge in [-0.25, -0.2) is 4.79 Å². The minimum atomic E-state index is -1.93. The molecule has 2 amide bonds. The second-order valence-electron chi connectivity index (χ2n) is 10.0. The lowest BCUT2D eigenvalue weighted by atomic mass is 10.2. The molecular formula is C30H38N2O3P+. The van der Waals surface area contributed by atoms with Crippen molar-refractivity contribution >= 4 is 35.2 Å². The maximum atomic E-state index is 12.9. The Hall–Kier alpha value is -3.17. The van der Waals surface area contributed by atoms with Crippen molar-refractivity contribution in [3.8, 4) is 0 Å². The van der Waals surface area contributed by atoms with Crippen LogP contribution < -0.4 is 15.9 Å². The van der Waals surface area contributed by atoms with Gasteiger partial charge in [0.05, 0.1) is 6.16 Å². The van der Waals surface area contributed by atoms with Gasteiger partial charge in [0.15, 0.2) is 0 Å². The number of likely N-dealkylation sites (N-methyl/N-ethyl adjacent to an activating group) is 2. The standard InChI is InChI=1S/C30H38N2O3P/c1-30(2,3)35-29(34)32(5)24-28(33)31(4)22-15-23-36(25-16-9-6-10-17-25,26-18-11-7-12-19-26)27-20-13-8-14-21-27/h6-14,16-21H,15,22-24H2,1-5H3/q+1. The van der Waals surface area contributed by atoms with Gasteiger partial charge in [0, 0.05) is 20.6 Å². The van der Waals surface area contributed by atoms with Crippen LogP contribution >= 0.6 is 7.26 Å². The molecule has 0 saturated heterocycles. The zero-order valence-electron chi connectivity index (χ0n) is 22.1. The second-order valence-corrected chi connectivity index (χ2v) is 13.7. The maximum Gasteiger partial charge on any atom is 0.410 e. The van der Waals surface area contributed by atoms with Gasteiger partial charge < -0.3 is 14.5 Å². The van der Waals surface area contributed by atoms with Crippen LogP contribution in [0.3, 0.4) is 0 Å². The molecule has 0 aliphatic carbocycles. The van der Waals surface area contributed by atoms with Gasteiger partial charge in [-0.2, -0.15) is 0 Å². The topological polar surface area (TPSA) is 49.9 Å². The van der Waals surface area contributed by atoms with Gasteiger partial charge in [-0.1, -0.05) is 54.6 Å². The van der Waals surface area contributed by atoms with Gasteiger partial charge in [0.1, 0.15) is 35.3 Å². The molecular weight excluding hydrogens is 467 g/mol. The van der Waals surface area contributed by atoms with Crippen molar-refractivity contribution in [1.29, 1.82) is 0 Å². The zero-order chi connectivity index (χ0) is 26.2. The van der Waals surface area contributed by atoms with Crippen LogP contribution in [0.2, 0.25) is 0 Å². The minimum Gasteiger partial charge on any atom is -0.444 e. The molecule has 0 bridgehead atoms.